The Morgan fingerprint density at radius 2 is 1.91 bits per heavy atom. The second-order valence-corrected chi connectivity index (χ2v) is 5.55. The van der Waals surface area contributed by atoms with Gasteiger partial charge in [0.25, 0.3) is 5.91 Å². The molecule has 0 bridgehead atoms. The molecule has 5 heteroatoms. The van der Waals surface area contributed by atoms with E-state index in [-0.39, 0.29) is 5.91 Å². The number of amides is 1. The van der Waals surface area contributed by atoms with Crippen LogP contribution in [-0.4, -0.2) is 30.0 Å². The van der Waals surface area contributed by atoms with Crippen LogP contribution in [0.2, 0.25) is 0 Å². The normalized spacial score (nSPS) is 10.6. The first-order valence-electron chi connectivity index (χ1n) is 7.36. The summed E-state index contributed by atoms with van der Waals surface area (Å²) in [4.78, 5) is 23.4. The van der Waals surface area contributed by atoms with Gasteiger partial charge in [-0.05, 0) is 31.2 Å². The lowest BCUT2D eigenvalue weighted by molar-refractivity contribution is 0.102. The fourth-order valence-electron chi connectivity index (χ4n) is 2.54. The lowest BCUT2D eigenvalue weighted by Crippen LogP contribution is -2.18. The SMILES string of the molecule is Cc1cc(C(=O)Nc2cccnc2N(C)C)c2ccccc2n1. The molecule has 0 aliphatic heterocycles. The van der Waals surface area contributed by atoms with E-state index < -0.39 is 0 Å². The predicted molar refractivity (Wildman–Crippen MR) is 93.0 cm³/mol. The molecule has 0 aliphatic carbocycles. The van der Waals surface area contributed by atoms with Crippen molar-refractivity contribution < 1.29 is 4.79 Å². The Kier molecular flexibility index (Phi) is 3.93. The van der Waals surface area contributed by atoms with Crippen molar-refractivity contribution >= 4 is 28.3 Å². The molecule has 0 saturated heterocycles. The number of fused-ring (bicyclic) bond motifs is 1. The zero-order valence-corrected chi connectivity index (χ0v) is 13.4. The summed E-state index contributed by atoms with van der Waals surface area (Å²) < 4.78 is 0. The third kappa shape index (κ3) is 2.99. The quantitative estimate of drug-likeness (QED) is 0.807. The molecule has 1 amide bonds. The smallest absolute Gasteiger partial charge is 0.256 e. The summed E-state index contributed by atoms with van der Waals surface area (Å²) in [6, 6.07) is 13.1. The second-order valence-electron chi connectivity index (χ2n) is 5.55. The maximum Gasteiger partial charge on any atom is 0.256 e. The molecule has 2 heterocycles. The van der Waals surface area contributed by atoms with E-state index in [0.717, 1.165) is 22.4 Å². The van der Waals surface area contributed by atoms with Crippen LogP contribution in [0.15, 0.2) is 48.7 Å². The highest BCUT2D eigenvalue weighted by molar-refractivity contribution is 6.13. The standard InChI is InChI=1S/C18H18N4O/c1-12-11-14(13-7-4-5-8-15(13)20-12)18(23)21-16-9-6-10-19-17(16)22(2)3/h4-11H,1-3H3,(H,21,23). The van der Waals surface area contributed by atoms with E-state index in [4.69, 9.17) is 0 Å². The minimum Gasteiger partial charge on any atom is -0.361 e. The van der Waals surface area contributed by atoms with Crippen LogP contribution in [0.25, 0.3) is 10.9 Å². The molecule has 23 heavy (non-hydrogen) atoms. The first kappa shape index (κ1) is 15.0. The Labute approximate surface area is 135 Å². The fraction of sp³-hybridized carbons (Fsp3) is 0.167. The van der Waals surface area contributed by atoms with Crippen molar-refractivity contribution in [2.75, 3.05) is 24.3 Å². The number of nitrogens with zero attached hydrogens (tertiary/aromatic N) is 3. The third-order valence-corrected chi connectivity index (χ3v) is 3.55. The minimum atomic E-state index is -0.164. The molecule has 1 N–H and O–H groups in total. The van der Waals surface area contributed by atoms with Crippen LogP contribution < -0.4 is 10.2 Å². The van der Waals surface area contributed by atoms with Gasteiger partial charge in [-0.15, -0.1) is 0 Å². The number of nitrogens with one attached hydrogen (secondary N) is 1. The van der Waals surface area contributed by atoms with Crippen molar-refractivity contribution in [1.29, 1.82) is 0 Å². The maximum atomic E-state index is 12.8. The Bertz CT molecular complexity index is 874. The summed E-state index contributed by atoms with van der Waals surface area (Å²) in [6.45, 7) is 1.89. The number of aryl methyl sites for hydroxylation is 1. The Hall–Kier alpha value is -2.95. The molecule has 2 aromatic heterocycles. The number of carbonyl (C=O) groups is 1. The van der Waals surface area contributed by atoms with Gasteiger partial charge in [-0.25, -0.2) is 4.98 Å². The summed E-state index contributed by atoms with van der Waals surface area (Å²) in [7, 11) is 3.79. The predicted octanol–water partition coefficient (Wildman–Crippen LogP) is 3.26. The molecule has 0 atom stereocenters. The van der Waals surface area contributed by atoms with Gasteiger partial charge in [0, 0.05) is 31.4 Å². The van der Waals surface area contributed by atoms with E-state index >= 15 is 0 Å². The van der Waals surface area contributed by atoms with Crippen molar-refractivity contribution in [1.82, 2.24) is 9.97 Å². The summed E-state index contributed by atoms with van der Waals surface area (Å²) in [5.41, 5.74) is 2.92. The molecule has 0 spiro atoms. The van der Waals surface area contributed by atoms with E-state index in [1.807, 2.05) is 62.3 Å². The number of carbonyl (C=O) groups excluding carboxylic acids is 1. The largest absolute Gasteiger partial charge is 0.361 e. The van der Waals surface area contributed by atoms with Crippen LogP contribution >= 0.6 is 0 Å². The van der Waals surface area contributed by atoms with E-state index in [0.29, 0.717) is 11.3 Å². The van der Waals surface area contributed by atoms with Gasteiger partial charge in [0.1, 0.15) is 0 Å². The van der Waals surface area contributed by atoms with Gasteiger partial charge in [0.15, 0.2) is 5.82 Å². The molecule has 0 aliphatic rings. The Morgan fingerprint density at radius 3 is 2.70 bits per heavy atom. The lowest BCUT2D eigenvalue weighted by atomic mass is 10.1. The van der Waals surface area contributed by atoms with Crippen molar-refractivity contribution in [2.24, 2.45) is 0 Å². The molecule has 0 saturated carbocycles. The third-order valence-electron chi connectivity index (χ3n) is 3.55. The van der Waals surface area contributed by atoms with Crippen molar-refractivity contribution in [3.8, 4) is 0 Å². The molecule has 0 radical (unpaired) electrons. The van der Waals surface area contributed by atoms with E-state index in [9.17, 15) is 4.79 Å². The van der Waals surface area contributed by atoms with Gasteiger partial charge in [0.2, 0.25) is 0 Å². The second kappa shape index (κ2) is 6.04. The Morgan fingerprint density at radius 1 is 1.13 bits per heavy atom. The summed E-state index contributed by atoms with van der Waals surface area (Å²) in [5.74, 6) is 0.554. The highest BCUT2D eigenvalue weighted by Gasteiger charge is 2.14. The topological polar surface area (TPSA) is 58.1 Å². The summed E-state index contributed by atoms with van der Waals surface area (Å²) >= 11 is 0. The molecule has 0 unspecified atom stereocenters. The number of pyridine rings is 2. The number of para-hydroxylation sites is 1. The minimum absolute atomic E-state index is 0.164. The lowest BCUT2D eigenvalue weighted by Gasteiger charge is -2.16. The van der Waals surface area contributed by atoms with Crippen LogP contribution in [0.3, 0.4) is 0 Å². The molecular weight excluding hydrogens is 288 g/mol. The summed E-state index contributed by atoms with van der Waals surface area (Å²) in [6.07, 6.45) is 1.71. The van der Waals surface area contributed by atoms with E-state index in [2.05, 4.69) is 15.3 Å². The van der Waals surface area contributed by atoms with Gasteiger partial charge >= 0.3 is 0 Å². The average Bonchev–Trinajstić information content (AvgIpc) is 2.54. The fourth-order valence-corrected chi connectivity index (χ4v) is 2.54. The zero-order chi connectivity index (χ0) is 16.4. The average molecular weight is 306 g/mol. The number of benzene rings is 1. The van der Waals surface area contributed by atoms with Crippen molar-refractivity contribution in [3.05, 3.63) is 59.9 Å². The van der Waals surface area contributed by atoms with Crippen molar-refractivity contribution in [3.63, 3.8) is 0 Å². The first-order chi connectivity index (χ1) is 11.1. The molecular formula is C18H18N4O. The molecule has 0 fully saturated rings. The maximum absolute atomic E-state index is 12.8. The van der Waals surface area contributed by atoms with Crippen LogP contribution in [0.5, 0.6) is 0 Å². The van der Waals surface area contributed by atoms with E-state index in [1.165, 1.54) is 0 Å². The number of hydrogen-bond donors (Lipinski definition) is 1. The van der Waals surface area contributed by atoms with Crippen LogP contribution in [0, 0.1) is 6.92 Å². The number of hydrogen-bond acceptors (Lipinski definition) is 4. The monoisotopic (exact) mass is 306 g/mol. The number of aromatic nitrogens is 2. The molecule has 1 aromatic carbocycles. The number of rotatable bonds is 3. The molecule has 3 aromatic rings. The van der Waals surface area contributed by atoms with Crippen LogP contribution in [0.1, 0.15) is 16.1 Å². The van der Waals surface area contributed by atoms with E-state index in [1.54, 1.807) is 12.3 Å². The van der Waals surface area contributed by atoms with Crippen molar-refractivity contribution in [2.45, 2.75) is 6.92 Å². The van der Waals surface area contributed by atoms with Gasteiger partial charge in [-0.2, -0.15) is 0 Å². The van der Waals surface area contributed by atoms with Gasteiger partial charge in [-0.3, -0.25) is 9.78 Å². The Balaban J connectivity index is 2.02. The molecule has 3 rings (SSSR count). The van der Waals surface area contributed by atoms with Crippen LogP contribution in [-0.2, 0) is 0 Å². The zero-order valence-electron chi connectivity index (χ0n) is 13.4. The molecule has 5 nitrogen and oxygen atoms in total. The highest BCUT2D eigenvalue weighted by Crippen LogP contribution is 2.23. The first-order valence-corrected chi connectivity index (χ1v) is 7.36. The number of anilines is 2. The summed E-state index contributed by atoms with van der Waals surface area (Å²) in [5, 5.41) is 3.80. The van der Waals surface area contributed by atoms with Gasteiger partial charge in [-0.1, -0.05) is 18.2 Å². The van der Waals surface area contributed by atoms with Crippen LogP contribution in [0.4, 0.5) is 11.5 Å². The van der Waals surface area contributed by atoms with Gasteiger partial charge in [0.05, 0.1) is 16.8 Å². The highest BCUT2D eigenvalue weighted by atomic mass is 16.1. The van der Waals surface area contributed by atoms with Gasteiger partial charge < -0.3 is 10.2 Å². The molecule has 116 valence electrons.